The Bertz CT molecular complexity index is 466. The predicted octanol–water partition coefficient (Wildman–Crippen LogP) is 3.60. The van der Waals surface area contributed by atoms with Crippen molar-refractivity contribution < 1.29 is 4.92 Å². The van der Waals surface area contributed by atoms with Gasteiger partial charge >= 0.3 is 0 Å². The molecule has 17 heavy (non-hydrogen) atoms. The molecule has 0 heterocycles. The summed E-state index contributed by atoms with van der Waals surface area (Å²) in [6.07, 6.45) is 0. The topological polar surface area (TPSA) is 66.9 Å². The van der Waals surface area contributed by atoms with Gasteiger partial charge in [-0.05, 0) is 18.1 Å². The van der Waals surface area contributed by atoms with E-state index in [4.69, 9.17) is 5.26 Å². The van der Waals surface area contributed by atoms with Gasteiger partial charge in [-0.1, -0.05) is 20.8 Å². The summed E-state index contributed by atoms with van der Waals surface area (Å²) in [5.41, 5.74) is -0.00925. The molecule has 1 aromatic carbocycles. The third-order valence-corrected chi connectivity index (χ3v) is 3.99. The molecule has 5 heteroatoms. The van der Waals surface area contributed by atoms with Gasteiger partial charge in [-0.15, -0.1) is 11.8 Å². The molecule has 0 amide bonds. The van der Waals surface area contributed by atoms with Crippen molar-refractivity contribution in [3.63, 3.8) is 0 Å². The molecule has 0 aliphatic carbocycles. The fraction of sp³-hybridized carbons (Fsp3) is 0.417. The minimum atomic E-state index is -0.511. The molecule has 90 valence electrons. The number of thioether (sulfide) groups is 1. The van der Waals surface area contributed by atoms with Gasteiger partial charge in [0.2, 0.25) is 0 Å². The van der Waals surface area contributed by atoms with Crippen LogP contribution in [0.15, 0.2) is 23.1 Å². The fourth-order valence-corrected chi connectivity index (χ4v) is 2.21. The van der Waals surface area contributed by atoms with Crippen LogP contribution in [-0.2, 0) is 0 Å². The normalized spacial score (nSPS) is 12.2. The summed E-state index contributed by atoms with van der Waals surface area (Å²) in [6, 6.07) is 6.57. The molecule has 0 N–H and O–H groups in total. The molecule has 0 saturated carbocycles. The van der Waals surface area contributed by atoms with Gasteiger partial charge in [-0.3, -0.25) is 10.1 Å². The summed E-state index contributed by atoms with van der Waals surface area (Å²) in [4.78, 5) is 11.1. The van der Waals surface area contributed by atoms with E-state index in [-0.39, 0.29) is 11.3 Å². The second kappa shape index (κ2) is 5.69. The van der Waals surface area contributed by atoms with Crippen LogP contribution < -0.4 is 0 Å². The van der Waals surface area contributed by atoms with Crippen LogP contribution in [0.25, 0.3) is 0 Å². The van der Waals surface area contributed by atoms with Gasteiger partial charge in [-0.2, -0.15) is 5.26 Å². The number of nitro groups is 1. The molecule has 4 nitrogen and oxygen atoms in total. The molecule has 1 atom stereocenters. The maximum Gasteiger partial charge on any atom is 0.288 e. The molecule has 0 radical (unpaired) electrons. The number of rotatable bonds is 4. The molecule has 0 aliphatic heterocycles. The maximum absolute atomic E-state index is 10.8. The van der Waals surface area contributed by atoms with Gasteiger partial charge < -0.3 is 0 Å². The fourth-order valence-electron chi connectivity index (χ4n) is 1.18. The van der Waals surface area contributed by atoms with Crippen LogP contribution >= 0.6 is 11.8 Å². The van der Waals surface area contributed by atoms with Gasteiger partial charge in [0.05, 0.1) is 4.92 Å². The highest BCUT2D eigenvalue weighted by Crippen LogP contribution is 2.31. The van der Waals surface area contributed by atoms with E-state index < -0.39 is 4.92 Å². The van der Waals surface area contributed by atoms with Gasteiger partial charge in [-0.25, -0.2) is 0 Å². The van der Waals surface area contributed by atoms with Crippen LogP contribution in [0.2, 0.25) is 0 Å². The van der Waals surface area contributed by atoms with Crippen molar-refractivity contribution in [3.05, 3.63) is 33.9 Å². The van der Waals surface area contributed by atoms with E-state index in [0.29, 0.717) is 11.2 Å². The first kappa shape index (κ1) is 13.5. The summed E-state index contributed by atoms with van der Waals surface area (Å²) in [5.74, 6) is 0.495. The molecular formula is C12H14N2O2S. The molecule has 1 rings (SSSR count). The zero-order valence-electron chi connectivity index (χ0n) is 10.0. The van der Waals surface area contributed by atoms with E-state index in [1.165, 1.54) is 12.1 Å². The molecule has 1 aromatic rings. The summed E-state index contributed by atoms with van der Waals surface area (Å²) in [6.45, 7) is 6.30. The lowest BCUT2D eigenvalue weighted by molar-refractivity contribution is -0.385. The Labute approximate surface area is 105 Å². The Kier molecular flexibility index (Phi) is 4.53. The highest BCUT2D eigenvalue weighted by Gasteiger charge is 2.16. The Morgan fingerprint density at radius 1 is 1.41 bits per heavy atom. The number of nitro benzene ring substituents is 1. The Morgan fingerprint density at radius 2 is 2.06 bits per heavy atom. The van der Waals surface area contributed by atoms with Gasteiger partial charge in [0, 0.05) is 16.2 Å². The molecular weight excluding hydrogens is 236 g/mol. The SMILES string of the molecule is CC(C)C(C)Sc1ccc(C#N)c([N+](=O)[O-])c1. The standard InChI is InChI=1S/C12H14N2O2S/c1-8(2)9(3)17-11-5-4-10(7-13)12(6-11)14(15)16/h4-6,8-9H,1-3H3. The van der Waals surface area contributed by atoms with Gasteiger partial charge in [0.15, 0.2) is 0 Å². The Balaban J connectivity index is 3.01. The molecule has 0 aromatic heterocycles. The van der Waals surface area contributed by atoms with Crippen molar-refractivity contribution in [1.82, 2.24) is 0 Å². The van der Waals surface area contributed by atoms with E-state index in [9.17, 15) is 10.1 Å². The van der Waals surface area contributed by atoms with Crippen LogP contribution in [0.3, 0.4) is 0 Å². The Morgan fingerprint density at radius 3 is 2.53 bits per heavy atom. The highest BCUT2D eigenvalue weighted by atomic mass is 32.2. The lowest BCUT2D eigenvalue weighted by atomic mass is 10.2. The van der Waals surface area contributed by atoms with Crippen LogP contribution in [0.4, 0.5) is 5.69 Å². The number of hydrogen-bond acceptors (Lipinski definition) is 4. The summed E-state index contributed by atoms with van der Waals surface area (Å²) in [5, 5.41) is 19.9. The summed E-state index contributed by atoms with van der Waals surface area (Å²) < 4.78 is 0. The molecule has 0 aliphatic rings. The van der Waals surface area contributed by atoms with Crippen molar-refractivity contribution in [1.29, 1.82) is 5.26 Å². The molecule has 0 spiro atoms. The monoisotopic (exact) mass is 250 g/mol. The third-order valence-electron chi connectivity index (χ3n) is 2.55. The van der Waals surface area contributed by atoms with Crippen molar-refractivity contribution in [2.45, 2.75) is 30.9 Å². The first-order chi connectivity index (χ1) is 7.95. The minimum absolute atomic E-state index is 0.108. The largest absolute Gasteiger partial charge is 0.288 e. The van der Waals surface area contributed by atoms with Crippen molar-refractivity contribution in [2.24, 2.45) is 5.92 Å². The number of nitriles is 1. The van der Waals surface area contributed by atoms with E-state index in [1.807, 2.05) is 6.07 Å². The van der Waals surface area contributed by atoms with Crippen molar-refractivity contribution in [2.75, 3.05) is 0 Å². The summed E-state index contributed by atoms with van der Waals surface area (Å²) >= 11 is 1.59. The van der Waals surface area contributed by atoms with Crippen LogP contribution in [0.5, 0.6) is 0 Å². The first-order valence-electron chi connectivity index (χ1n) is 5.31. The lowest BCUT2D eigenvalue weighted by Gasteiger charge is -2.14. The van der Waals surface area contributed by atoms with Gasteiger partial charge in [0.25, 0.3) is 5.69 Å². The second-order valence-electron chi connectivity index (χ2n) is 4.11. The Hall–Kier alpha value is -1.54. The first-order valence-corrected chi connectivity index (χ1v) is 6.19. The zero-order valence-corrected chi connectivity index (χ0v) is 10.8. The lowest BCUT2D eigenvalue weighted by Crippen LogP contribution is -2.05. The highest BCUT2D eigenvalue weighted by molar-refractivity contribution is 8.00. The molecule has 0 fully saturated rings. The van der Waals surface area contributed by atoms with E-state index in [0.717, 1.165) is 4.90 Å². The second-order valence-corrected chi connectivity index (χ2v) is 5.57. The molecule has 1 unspecified atom stereocenters. The quantitative estimate of drug-likeness (QED) is 0.465. The van der Waals surface area contributed by atoms with Crippen LogP contribution in [-0.4, -0.2) is 10.2 Å². The molecule has 0 bridgehead atoms. The molecule has 0 saturated heterocycles. The van der Waals surface area contributed by atoms with Crippen molar-refractivity contribution >= 4 is 17.4 Å². The van der Waals surface area contributed by atoms with E-state index in [1.54, 1.807) is 17.8 Å². The average Bonchev–Trinajstić information content (AvgIpc) is 2.28. The number of nitrogens with zero attached hydrogens (tertiary/aromatic N) is 2. The predicted molar refractivity (Wildman–Crippen MR) is 68.0 cm³/mol. The smallest absolute Gasteiger partial charge is 0.258 e. The maximum atomic E-state index is 10.8. The van der Waals surface area contributed by atoms with Crippen molar-refractivity contribution in [3.8, 4) is 6.07 Å². The van der Waals surface area contributed by atoms with Crippen LogP contribution in [0.1, 0.15) is 26.3 Å². The summed E-state index contributed by atoms with van der Waals surface area (Å²) in [7, 11) is 0. The average molecular weight is 250 g/mol. The van der Waals surface area contributed by atoms with Crippen LogP contribution in [0, 0.1) is 27.4 Å². The van der Waals surface area contributed by atoms with E-state index >= 15 is 0 Å². The minimum Gasteiger partial charge on any atom is -0.258 e. The van der Waals surface area contributed by atoms with E-state index in [2.05, 4.69) is 20.8 Å². The number of benzene rings is 1. The third kappa shape index (κ3) is 3.46. The van der Waals surface area contributed by atoms with Gasteiger partial charge in [0.1, 0.15) is 11.6 Å². The number of hydrogen-bond donors (Lipinski definition) is 0. The zero-order chi connectivity index (χ0) is 13.0.